The number of fused-ring (bicyclic) bond motifs is 2. The first-order valence-electron chi connectivity index (χ1n) is 9.19. The first-order chi connectivity index (χ1) is 14.8. The van der Waals surface area contributed by atoms with Crippen molar-refractivity contribution in [3.05, 3.63) is 72.1 Å². The van der Waals surface area contributed by atoms with E-state index >= 15 is 0 Å². The maximum absolute atomic E-state index is 5.26. The second-order valence-corrected chi connectivity index (χ2v) is 7.29. The summed E-state index contributed by atoms with van der Waals surface area (Å²) in [6.45, 7) is 0. The van der Waals surface area contributed by atoms with Crippen LogP contribution in [0.25, 0.3) is 32.4 Å². The average molecular weight is 412 g/mol. The summed E-state index contributed by atoms with van der Waals surface area (Å²) in [5.74, 6) is 1.45. The standard InChI is InChI=1S/C22H16N6OS/c1-29-16-8-6-14(7-9-16)17-12-30-22-20(17)21(24-13-25-22)28-26-11-15-10-23-18-4-2-3-5-19(18)27-15/h2-13H,1H3,(H,24,25,28)/b26-11-. The van der Waals surface area contributed by atoms with Crippen LogP contribution in [0.1, 0.15) is 5.69 Å². The van der Waals surface area contributed by atoms with Gasteiger partial charge >= 0.3 is 0 Å². The molecule has 0 saturated carbocycles. The number of nitrogens with zero attached hydrogens (tertiary/aromatic N) is 5. The summed E-state index contributed by atoms with van der Waals surface area (Å²) in [5.41, 5.74) is 7.47. The number of hydrogen-bond donors (Lipinski definition) is 1. The van der Waals surface area contributed by atoms with E-state index in [2.05, 4.69) is 35.8 Å². The summed E-state index contributed by atoms with van der Waals surface area (Å²) in [5, 5.41) is 7.33. The molecule has 30 heavy (non-hydrogen) atoms. The third-order valence-electron chi connectivity index (χ3n) is 4.61. The van der Waals surface area contributed by atoms with Crippen LogP contribution in [0.5, 0.6) is 5.75 Å². The number of methoxy groups -OCH3 is 1. The fourth-order valence-electron chi connectivity index (χ4n) is 3.14. The van der Waals surface area contributed by atoms with Gasteiger partial charge in [0.25, 0.3) is 0 Å². The van der Waals surface area contributed by atoms with Crippen LogP contribution in [0.2, 0.25) is 0 Å². The highest BCUT2D eigenvalue weighted by molar-refractivity contribution is 7.17. The van der Waals surface area contributed by atoms with E-state index in [1.165, 1.54) is 6.33 Å². The Morgan fingerprint density at radius 3 is 2.67 bits per heavy atom. The Morgan fingerprint density at radius 2 is 1.83 bits per heavy atom. The summed E-state index contributed by atoms with van der Waals surface area (Å²) in [7, 11) is 1.66. The highest BCUT2D eigenvalue weighted by Gasteiger charge is 2.13. The smallest absolute Gasteiger partial charge is 0.159 e. The molecule has 0 radical (unpaired) electrons. The van der Waals surface area contributed by atoms with Gasteiger partial charge in [-0.3, -0.25) is 10.4 Å². The molecule has 146 valence electrons. The normalized spacial score (nSPS) is 11.4. The molecule has 0 aliphatic rings. The molecule has 3 aromatic heterocycles. The van der Waals surface area contributed by atoms with Crippen LogP contribution in [0.3, 0.4) is 0 Å². The van der Waals surface area contributed by atoms with E-state index in [9.17, 15) is 0 Å². The zero-order valence-corrected chi connectivity index (χ0v) is 16.8. The van der Waals surface area contributed by atoms with E-state index in [1.807, 2.05) is 48.5 Å². The number of anilines is 1. The minimum atomic E-state index is 0.636. The van der Waals surface area contributed by atoms with Gasteiger partial charge in [-0.15, -0.1) is 11.3 Å². The van der Waals surface area contributed by atoms with E-state index in [0.29, 0.717) is 11.5 Å². The van der Waals surface area contributed by atoms with Crippen molar-refractivity contribution in [2.75, 3.05) is 12.5 Å². The number of nitrogens with one attached hydrogen (secondary N) is 1. The van der Waals surface area contributed by atoms with Gasteiger partial charge in [-0.1, -0.05) is 24.3 Å². The lowest BCUT2D eigenvalue weighted by Gasteiger charge is -2.05. The monoisotopic (exact) mass is 412 g/mol. The molecule has 0 saturated heterocycles. The maximum atomic E-state index is 5.26. The first kappa shape index (κ1) is 18.1. The molecule has 0 fully saturated rings. The number of hydrogen-bond acceptors (Lipinski definition) is 8. The van der Waals surface area contributed by atoms with E-state index in [1.54, 1.807) is 30.9 Å². The van der Waals surface area contributed by atoms with Gasteiger partial charge in [0.2, 0.25) is 0 Å². The number of hydrazone groups is 1. The van der Waals surface area contributed by atoms with E-state index < -0.39 is 0 Å². The lowest BCUT2D eigenvalue weighted by molar-refractivity contribution is 0.415. The van der Waals surface area contributed by atoms with Crippen LogP contribution < -0.4 is 10.2 Å². The molecule has 3 heterocycles. The minimum absolute atomic E-state index is 0.636. The second kappa shape index (κ2) is 7.84. The number of aromatic nitrogens is 4. The van der Waals surface area contributed by atoms with Crippen molar-refractivity contribution in [3.63, 3.8) is 0 Å². The van der Waals surface area contributed by atoms with Crippen molar-refractivity contribution in [2.45, 2.75) is 0 Å². The lowest BCUT2D eigenvalue weighted by Crippen LogP contribution is -1.97. The van der Waals surface area contributed by atoms with Crippen molar-refractivity contribution in [2.24, 2.45) is 5.10 Å². The molecule has 5 aromatic rings. The SMILES string of the molecule is COc1ccc(-c2csc3ncnc(N/N=C\c4cnc5ccccc5n4)c23)cc1. The molecular weight excluding hydrogens is 396 g/mol. The average Bonchev–Trinajstić information content (AvgIpc) is 3.24. The molecule has 5 rings (SSSR count). The van der Waals surface area contributed by atoms with Gasteiger partial charge in [0.05, 0.1) is 35.9 Å². The van der Waals surface area contributed by atoms with Crippen molar-refractivity contribution in [1.82, 2.24) is 19.9 Å². The zero-order chi connectivity index (χ0) is 20.3. The van der Waals surface area contributed by atoms with Gasteiger partial charge in [0.15, 0.2) is 5.82 Å². The Kier molecular flexibility index (Phi) is 4.74. The van der Waals surface area contributed by atoms with E-state index in [0.717, 1.165) is 38.1 Å². The molecule has 8 heteroatoms. The van der Waals surface area contributed by atoms with Gasteiger partial charge < -0.3 is 4.74 Å². The Hall–Kier alpha value is -3.91. The van der Waals surface area contributed by atoms with Crippen LogP contribution in [-0.2, 0) is 0 Å². The first-order valence-corrected chi connectivity index (χ1v) is 10.1. The van der Waals surface area contributed by atoms with Crippen LogP contribution >= 0.6 is 11.3 Å². The summed E-state index contributed by atoms with van der Waals surface area (Å²) < 4.78 is 5.26. The molecule has 0 atom stereocenters. The molecule has 7 nitrogen and oxygen atoms in total. The fourth-order valence-corrected chi connectivity index (χ4v) is 4.05. The molecule has 0 aliphatic carbocycles. The molecule has 0 amide bonds. The quantitative estimate of drug-likeness (QED) is 0.331. The number of benzene rings is 2. The van der Waals surface area contributed by atoms with Gasteiger partial charge in [0, 0.05) is 10.9 Å². The molecule has 2 aromatic carbocycles. The Balaban J connectivity index is 1.46. The van der Waals surface area contributed by atoms with Gasteiger partial charge in [-0.05, 0) is 29.8 Å². The highest BCUT2D eigenvalue weighted by Crippen LogP contribution is 2.36. The van der Waals surface area contributed by atoms with Crippen molar-refractivity contribution in [1.29, 1.82) is 0 Å². The van der Waals surface area contributed by atoms with Crippen LogP contribution in [0.4, 0.5) is 5.82 Å². The molecule has 0 unspecified atom stereocenters. The minimum Gasteiger partial charge on any atom is -0.497 e. The summed E-state index contributed by atoms with van der Waals surface area (Å²) >= 11 is 1.57. The van der Waals surface area contributed by atoms with Gasteiger partial charge in [-0.25, -0.2) is 15.0 Å². The van der Waals surface area contributed by atoms with E-state index in [4.69, 9.17) is 4.74 Å². The number of rotatable bonds is 5. The van der Waals surface area contributed by atoms with Crippen LogP contribution in [-0.4, -0.2) is 33.3 Å². The molecule has 0 aliphatic heterocycles. The number of thiophene rings is 1. The highest BCUT2D eigenvalue weighted by atomic mass is 32.1. The molecule has 0 bridgehead atoms. The molecule has 0 spiro atoms. The summed E-state index contributed by atoms with van der Waals surface area (Å²) in [4.78, 5) is 18.6. The van der Waals surface area contributed by atoms with Crippen molar-refractivity contribution >= 4 is 44.6 Å². The van der Waals surface area contributed by atoms with Gasteiger partial charge in [0.1, 0.15) is 22.6 Å². The largest absolute Gasteiger partial charge is 0.497 e. The third-order valence-corrected chi connectivity index (χ3v) is 5.49. The predicted octanol–water partition coefficient (Wildman–Crippen LogP) is 4.76. The Morgan fingerprint density at radius 1 is 1.00 bits per heavy atom. The van der Waals surface area contributed by atoms with Crippen molar-refractivity contribution < 1.29 is 4.74 Å². The maximum Gasteiger partial charge on any atom is 0.159 e. The summed E-state index contributed by atoms with van der Waals surface area (Å²) in [6, 6.07) is 15.6. The number of para-hydroxylation sites is 2. The van der Waals surface area contributed by atoms with Crippen molar-refractivity contribution in [3.8, 4) is 16.9 Å². The third kappa shape index (κ3) is 3.44. The number of ether oxygens (including phenoxy) is 1. The Bertz CT molecular complexity index is 1360. The second-order valence-electron chi connectivity index (χ2n) is 6.43. The van der Waals surface area contributed by atoms with E-state index in [-0.39, 0.29) is 0 Å². The van der Waals surface area contributed by atoms with Crippen LogP contribution in [0.15, 0.2) is 71.5 Å². The van der Waals surface area contributed by atoms with Crippen LogP contribution in [0, 0.1) is 0 Å². The summed E-state index contributed by atoms with van der Waals surface area (Å²) in [6.07, 6.45) is 4.85. The van der Waals surface area contributed by atoms with Gasteiger partial charge in [-0.2, -0.15) is 5.10 Å². The fraction of sp³-hybridized carbons (Fsp3) is 0.0455. The molecular formula is C22H16N6OS. The molecule has 1 N–H and O–H groups in total. The Labute approximate surface area is 176 Å². The predicted molar refractivity (Wildman–Crippen MR) is 120 cm³/mol. The zero-order valence-electron chi connectivity index (χ0n) is 16.0. The lowest BCUT2D eigenvalue weighted by atomic mass is 10.1. The topological polar surface area (TPSA) is 85.2 Å².